The Morgan fingerprint density at radius 2 is 1.71 bits per heavy atom. The van der Waals surface area contributed by atoms with Gasteiger partial charge in [0.15, 0.2) is 0 Å². The molecule has 1 saturated carbocycles. The van der Waals surface area contributed by atoms with Crippen LogP contribution in [0.1, 0.15) is 30.4 Å². The van der Waals surface area contributed by atoms with Crippen molar-refractivity contribution in [2.45, 2.75) is 37.2 Å². The summed E-state index contributed by atoms with van der Waals surface area (Å²) in [7, 11) is -0.0333. The van der Waals surface area contributed by atoms with Crippen molar-refractivity contribution in [2.24, 2.45) is 5.92 Å². The topological polar surface area (TPSA) is 69.7 Å². The number of anilines is 2. The molecule has 0 spiro atoms. The molecule has 3 aromatic rings. The Kier molecular flexibility index (Phi) is 7.79. The van der Waals surface area contributed by atoms with Crippen molar-refractivity contribution < 1.29 is 13.2 Å². The Morgan fingerprint density at radius 1 is 0.971 bits per heavy atom. The molecule has 0 aliphatic heterocycles. The second kappa shape index (κ2) is 10.8. The van der Waals surface area contributed by atoms with E-state index in [9.17, 15) is 13.2 Å². The van der Waals surface area contributed by atoms with E-state index >= 15 is 0 Å². The smallest absolute Gasteiger partial charge is 0.243 e. The molecule has 0 saturated heterocycles. The number of carbonyl (C=O) groups excluding carboxylic acids is 1. The summed E-state index contributed by atoms with van der Waals surface area (Å²) in [4.78, 5) is 14.6. The van der Waals surface area contributed by atoms with Crippen LogP contribution in [-0.4, -0.2) is 32.7 Å². The second-order valence-electron chi connectivity index (χ2n) is 9.07. The lowest BCUT2D eigenvalue weighted by molar-refractivity contribution is -0.122. The standard InChI is InChI=1S/C27H30ClN3O3S/c1-30(2)26-15-14-24(29-27(32)21-10-6-11-21)16-22(26)19-31(18-20-8-4-3-5-9-20)35(33,34)25-13-7-12-23(28)17-25/h3-5,7-9,12-17,21H,6,10-11,18-19H2,1-2H3,(H,29,32). The van der Waals surface area contributed by atoms with Crippen LogP contribution in [0.2, 0.25) is 5.02 Å². The van der Waals surface area contributed by atoms with Crippen LogP contribution in [0, 0.1) is 5.92 Å². The summed E-state index contributed by atoms with van der Waals surface area (Å²) in [5, 5.41) is 3.37. The van der Waals surface area contributed by atoms with E-state index in [1.54, 1.807) is 18.2 Å². The Hall–Kier alpha value is -2.87. The minimum atomic E-state index is -3.86. The quantitative estimate of drug-likeness (QED) is 0.409. The molecule has 0 aromatic heterocycles. The van der Waals surface area contributed by atoms with E-state index < -0.39 is 10.0 Å². The molecule has 1 N–H and O–H groups in total. The Labute approximate surface area is 212 Å². The molecular formula is C27H30ClN3O3S. The van der Waals surface area contributed by atoms with Crippen molar-refractivity contribution in [1.82, 2.24) is 4.31 Å². The average molecular weight is 512 g/mol. The molecule has 0 heterocycles. The summed E-state index contributed by atoms with van der Waals surface area (Å²) in [6, 6.07) is 21.5. The molecule has 184 valence electrons. The van der Waals surface area contributed by atoms with Gasteiger partial charge in [0.05, 0.1) is 4.90 Å². The first kappa shape index (κ1) is 25.2. The van der Waals surface area contributed by atoms with Gasteiger partial charge in [-0.25, -0.2) is 8.42 Å². The third-order valence-corrected chi connectivity index (χ3v) is 8.31. The van der Waals surface area contributed by atoms with Crippen LogP contribution in [-0.2, 0) is 27.9 Å². The van der Waals surface area contributed by atoms with Crippen LogP contribution in [0.5, 0.6) is 0 Å². The Bertz CT molecular complexity index is 1290. The van der Waals surface area contributed by atoms with E-state index in [1.807, 2.05) is 67.5 Å². The molecule has 0 radical (unpaired) electrons. The molecule has 8 heteroatoms. The summed E-state index contributed by atoms with van der Waals surface area (Å²) < 4.78 is 29.0. The van der Waals surface area contributed by atoms with Crippen LogP contribution in [0.25, 0.3) is 0 Å². The highest BCUT2D eigenvalue weighted by molar-refractivity contribution is 7.89. The minimum absolute atomic E-state index is 0.0208. The maximum Gasteiger partial charge on any atom is 0.243 e. The number of halogens is 1. The number of rotatable bonds is 9. The zero-order valence-electron chi connectivity index (χ0n) is 19.9. The zero-order chi connectivity index (χ0) is 25.0. The van der Waals surface area contributed by atoms with Gasteiger partial charge in [0, 0.05) is 49.5 Å². The number of carbonyl (C=O) groups is 1. The Morgan fingerprint density at radius 3 is 2.34 bits per heavy atom. The van der Waals surface area contributed by atoms with Crippen LogP contribution in [0.15, 0.2) is 77.7 Å². The molecule has 1 aliphatic carbocycles. The van der Waals surface area contributed by atoms with Gasteiger partial charge >= 0.3 is 0 Å². The van der Waals surface area contributed by atoms with E-state index in [4.69, 9.17) is 11.6 Å². The SMILES string of the molecule is CN(C)c1ccc(NC(=O)C2CCC2)cc1CN(Cc1ccccc1)S(=O)(=O)c1cccc(Cl)c1. The third kappa shape index (κ3) is 6.04. The number of hydrogen-bond donors (Lipinski definition) is 1. The lowest BCUT2D eigenvalue weighted by Gasteiger charge is -2.27. The average Bonchev–Trinajstić information content (AvgIpc) is 2.78. The molecule has 1 fully saturated rings. The highest BCUT2D eigenvalue weighted by atomic mass is 35.5. The fraction of sp³-hybridized carbons (Fsp3) is 0.296. The van der Waals surface area contributed by atoms with Crippen LogP contribution < -0.4 is 10.2 Å². The maximum atomic E-state index is 13.8. The lowest BCUT2D eigenvalue weighted by Crippen LogP contribution is -2.31. The first-order valence-corrected chi connectivity index (χ1v) is 13.5. The van der Waals surface area contributed by atoms with Crippen LogP contribution in [0.3, 0.4) is 0 Å². The van der Waals surface area contributed by atoms with E-state index in [0.29, 0.717) is 10.7 Å². The number of sulfonamides is 1. The lowest BCUT2D eigenvalue weighted by atomic mass is 9.85. The van der Waals surface area contributed by atoms with E-state index in [0.717, 1.165) is 36.1 Å². The van der Waals surface area contributed by atoms with E-state index in [1.165, 1.54) is 10.4 Å². The van der Waals surface area contributed by atoms with Gasteiger partial charge in [-0.1, -0.05) is 54.4 Å². The largest absolute Gasteiger partial charge is 0.377 e. The normalized spacial score (nSPS) is 13.9. The maximum absolute atomic E-state index is 13.8. The fourth-order valence-electron chi connectivity index (χ4n) is 4.12. The molecule has 1 aliphatic rings. The molecule has 4 rings (SSSR count). The first-order valence-electron chi connectivity index (χ1n) is 11.6. The van der Waals surface area contributed by atoms with Gasteiger partial charge in [-0.05, 0) is 60.4 Å². The highest BCUT2D eigenvalue weighted by Gasteiger charge is 2.28. The molecule has 0 atom stereocenters. The van der Waals surface area contributed by atoms with Crippen molar-refractivity contribution >= 4 is 38.9 Å². The molecular weight excluding hydrogens is 482 g/mol. The van der Waals surface area contributed by atoms with Gasteiger partial charge in [0.2, 0.25) is 15.9 Å². The summed E-state index contributed by atoms with van der Waals surface area (Å²) >= 11 is 6.12. The predicted molar refractivity (Wildman–Crippen MR) is 141 cm³/mol. The number of nitrogens with zero attached hydrogens (tertiary/aromatic N) is 2. The van der Waals surface area contributed by atoms with Crippen molar-refractivity contribution in [2.75, 3.05) is 24.3 Å². The fourth-order valence-corrected chi connectivity index (χ4v) is 5.83. The summed E-state index contributed by atoms with van der Waals surface area (Å²) in [6.07, 6.45) is 2.91. The van der Waals surface area contributed by atoms with Crippen molar-refractivity contribution in [3.05, 3.63) is 88.9 Å². The van der Waals surface area contributed by atoms with Gasteiger partial charge in [-0.3, -0.25) is 4.79 Å². The van der Waals surface area contributed by atoms with Crippen molar-refractivity contribution in [1.29, 1.82) is 0 Å². The van der Waals surface area contributed by atoms with Gasteiger partial charge in [0.1, 0.15) is 0 Å². The van der Waals surface area contributed by atoms with Gasteiger partial charge < -0.3 is 10.2 Å². The van der Waals surface area contributed by atoms with Crippen LogP contribution >= 0.6 is 11.6 Å². The summed E-state index contributed by atoms with van der Waals surface area (Å²) in [5.74, 6) is 0.0808. The monoisotopic (exact) mass is 511 g/mol. The number of hydrogen-bond acceptors (Lipinski definition) is 4. The molecule has 1 amide bonds. The molecule has 6 nitrogen and oxygen atoms in total. The number of benzene rings is 3. The predicted octanol–water partition coefficient (Wildman–Crippen LogP) is 5.54. The highest BCUT2D eigenvalue weighted by Crippen LogP contribution is 2.31. The molecule has 35 heavy (non-hydrogen) atoms. The van der Waals surface area contributed by atoms with E-state index in [-0.39, 0.29) is 29.8 Å². The molecule has 0 unspecified atom stereocenters. The first-order chi connectivity index (χ1) is 16.7. The minimum Gasteiger partial charge on any atom is -0.377 e. The van der Waals surface area contributed by atoms with Gasteiger partial charge in [-0.15, -0.1) is 0 Å². The van der Waals surface area contributed by atoms with E-state index in [2.05, 4.69) is 5.32 Å². The van der Waals surface area contributed by atoms with Crippen molar-refractivity contribution in [3.8, 4) is 0 Å². The van der Waals surface area contributed by atoms with Crippen molar-refractivity contribution in [3.63, 3.8) is 0 Å². The molecule has 3 aromatic carbocycles. The number of amides is 1. The molecule has 0 bridgehead atoms. The van der Waals surface area contributed by atoms with Gasteiger partial charge in [-0.2, -0.15) is 4.31 Å². The third-order valence-electron chi connectivity index (χ3n) is 6.29. The second-order valence-corrected chi connectivity index (χ2v) is 11.4. The van der Waals surface area contributed by atoms with Crippen LogP contribution in [0.4, 0.5) is 11.4 Å². The Balaban J connectivity index is 1.70. The van der Waals surface area contributed by atoms with Gasteiger partial charge in [0.25, 0.3) is 0 Å². The summed E-state index contributed by atoms with van der Waals surface area (Å²) in [5.41, 5.74) is 3.22. The zero-order valence-corrected chi connectivity index (χ0v) is 21.5. The number of nitrogens with one attached hydrogen (secondary N) is 1. The summed E-state index contributed by atoms with van der Waals surface area (Å²) in [6.45, 7) is 0.325.